The van der Waals surface area contributed by atoms with Crippen molar-refractivity contribution in [1.29, 1.82) is 0 Å². The molecule has 83 heavy (non-hydrogen) atoms. The minimum absolute atomic E-state index is 0. The highest BCUT2D eigenvalue weighted by atomic mass is 35.5. The molecule has 1 aliphatic heterocycles. The van der Waals surface area contributed by atoms with Crippen molar-refractivity contribution in [2.24, 2.45) is 0 Å². The topological polar surface area (TPSA) is 95.8 Å². The van der Waals surface area contributed by atoms with Crippen LogP contribution in [-0.2, 0) is 9.31 Å². The molecule has 14 aromatic rings. The molecule has 0 aliphatic carbocycles. The molecule has 0 saturated carbocycles. The Bertz CT molecular complexity index is 4460. The van der Waals surface area contributed by atoms with E-state index < -0.39 is 0 Å². The monoisotopic (exact) mass is 1100 g/mol. The number of hydrogen-bond donors (Lipinski definition) is 0. The lowest BCUT2D eigenvalue weighted by molar-refractivity contribution is 0.00578. The van der Waals surface area contributed by atoms with Crippen LogP contribution in [0.5, 0.6) is 0 Å². The number of halogens is 1. The molecule has 0 unspecified atom stereocenters. The van der Waals surface area contributed by atoms with Crippen molar-refractivity contribution in [3.8, 4) is 56.9 Å². The molecule has 402 valence electrons. The smallest absolute Gasteiger partial charge is 0.399 e. The molecule has 8 nitrogen and oxygen atoms in total. The molecule has 0 radical (unpaired) electrons. The van der Waals surface area contributed by atoms with Crippen molar-refractivity contribution in [3.63, 3.8) is 0 Å². The number of hydrogen-bond acceptors (Lipinski definition) is 8. The summed E-state index contributed by atoms with van der Waals surface area (Å²) in [7, 11) is -0.343. The van der Waals surface area contributed by atoms with Crippen LogP contribution in [-0.4, -0.2) is 48.2 Å². The Hall–Kier alpha value is -9.51. The second-order valence-electron chi connectivity index (χ2n) is 21.4. The van der Waals surface area contributed by atoms with Crippen molar-refractivity contribution < 1.29 is 9.31 Å². The molecular formula is C73H57BClN6O2-. The SMILES string of the molecule is CC1(C)OB(c2ccc3c4ccccc4c4ccccc4c3c2)OC1(C)C.Clc1nc(-c2ccccc2)nc(-c2ccccc2)n1.[CH3-].c1ccc(-c2nc(-c3ccccc3)nc(-c3ccc4c5ccccc5c5ccccc5c4c3)n2)cc1. The molecule has 0 N–H and O–H groups in total. The van der Waals surface area contributed by atoms with E-state index in [4.69, 9.17) is 35.9 Å². The van der Waals surface area contributed by atoms with Gasteiger partial charge in [0.15, 0.2) is 29.1 Å². The third kappa shape index (κ3) is 10.7. The van der Waals surface area contributed by atoms with Gasteiger partial charge in [0.05, 0.1) is 11.2 Å². The van der Waals surface area contributed by atoms with Crippen molar-refractivity contribution >= 4 is 88.8 Å². The van der Waals surface area contributed by atoms with Crippen LogP contribution >= 0.6 is 11.6 Å². The fraction of sp³-hybridized carbons (Fsp3) is 0.0822. The first-order valence-electron chi connectivity index (χ1n) is 27.5. The molecule has 1 aliphatic rings. The van der Waals surface area contributed by atoms with E-state index in [9.17, 15) is 0 Å². The molecule has 1 saturated heterocycles. The first kappa shape index (κ1) is 54.1. The maximum Gasteiger partial charge on any atom is 0.494 e. The van der Waals surface area contributed by atoms with Gasteiger partial charge >= 0.3 is 7.12 Å². The zero-order valence-electron chi connectivity index (χ0n) is 46.7. The van der Waals surface area contributed by atoms with Gasteiger partial charge in [-0.1, -0.05) is 249 Å². The number of aromatic nitrogens is 6. The van der Waals surface area contributed by atoms with E-state index in [1.807, 2.05) is 121 Å². The van der Waals surface area contributed by atoms with Gasteiger partial charge in [-0.3, -0.25) is 0 Å². The Morgan fingerprint density at radius 3 is 0.867 bits per heavy atom. The molecule has 10 heteroatoms. The minimum Gasteiger partial charge on any atom is -0.399 e. The average Bonchev–Trinajstić information content (AvgIpc) is 3.60. The lowest BCUT2D eigenvalue weighted by Gasteiger charge is -2.32. The van der Waals surface area contributed by atoms with Gasteiger partial charge in [-0.05, 0) is 115 Å². The Morgan fingerprint density at radius 2 is 0.530 bits per heavy atom. The normalized spacial score (nSPS) is 13.3. The second kappa shape index (κ2) is 22.8. The van der Waals surface area contributed by atoms with E-state index in [1.54, 1.807) is 0 Å². The number of nitrogens with zero attached hydrogens (tertiary/aromatic N) is 6. The molecule has 3 heterocycles. The second-order valence-corrected chi connectivity index (χ2v) is 21.7. The van der Waals surface area contributed by atoms with Gasteiger partial charge in [-0.25, -0.2) is 19.9 Å². The van der Waals surface area contributed by atoms with Crippen LogP contribution < -0.4 is 5.46 Å². The zero-order chi connectivity index (χ0) is 55.8. The summed E-state index contributed by atoms with van der Waals surface area (Å²) in [6.07, 6.45) is 0. The van der Waals surface area contributed by atoms with Crippen molar-refractivity contribution in [1.82, 2.24) is 29.9 Å². The fourth-order valence-electron chi connectivity index (χ4n) is 10.8. The Morgan fingerprint density at radius 1 is 0.277 bits per heavy atom. The summed E-state index contributed by atoms with van der Waals surface area (Å²) in [5, 5.41) is 15.3. The molecule has 0 spiro atoms. The lowest BCUT2D eigenvalue weighted by Crippen LogP contribution is -2.41. The van der Waals surface area contributed by atoms with Crippen LogP contribution in [0.15, 0.2) is 255 Å². The summed E-state index contributed by atoms with van der Waals surface area (Å²) in [5.74, 6) is 3.17. The third-order valence-corrected chi connectivity index (χ3v) is 15.8. The molecule has 0 bridgehead atoms. The molecule has 2 aromatic heterocycles. The van der Waals surface area contributed by atoms with Crippen LogP contribution in [0.1, 0.15) is 27.7 Å². The maximum atomic E-state index is 6.28. The predicted octanol–water partition coefficient (Wildman–Crippen LogP) is 18.1. The highest BCUT2D eigenvalue weighted by Gasteiger charge is 2.51. The Kier molecular flexibility index (Phi) is 14.9. The first-order valence-corrected chi connectivity index (χ1v) is 27.8. The summed E-state index contributed by atoms with van der Waals surface area (Å²) >= 11 is 5.99. The minimum atomic E-state index is -0.343. The molecule has 15 rings (SSSR count). The summed E-state index contributed by atoms with van der Waals surface area (Å²) < 4.78 is 12.6. The van der Waals surface area contributed by atoms with Crippen molar-refractivity contribution in [2.75, 3.05) is 0 Å². The third-order valence-electron chi connectivity index (χ3n) is 15.7. The van der Waals surface area contributed by atoms with Crippen LogP contribution in [0.4, 0.5) is 0 Å². The average molecular weight is 1100 g/mol. The van der Waals surface area contributed by atoms with E-state index in [0.29, 0.717) is 29.1 Å². The summed E-state index contributed by atoms with van der Waals surface area (Å²) in [6.45, 7) is 8.38. The van der Waals surface area contributed by atoms with Crippen LogP contribution in [0.3, 0.4) is 0 Å². The van der Waals surface area contributed by atoms with E-state index in [-0.39, 0.29) is 31.0 Å². The van der Waals surface area contributed by atoms with Gasteiger partial charge in [-0.15, -0.1) is 0 Å². The van der Waals surface area contributed by atoms with Gasteiger partial charge in [-0.2, -0.15) is 9.97 Å². The Labute approximate surface area is 488 Å². The Balaban J connectivity index is 0.000000128. The van der Waals surface area contributed by atoms with Crippen molar-refractivity contribution in [2.45, 2.75) is 38.9 Å². The zero-order valence-corrected chi connectivity index (χ0v) is 47.5. The first-order chi connectivity index (χ1) is 40.0. The highest BCUT2D eigenvalue weighted by molar-refractivity contribution is 6.62. The van der Waals surface area contributed by atoms with E-state index in [2.05, 4.69) is 176 Å². The highest BCUT2D eigenvalue weighted by Crippen LogP contribution is 2.40. The molecule has 12 aromatic carbocycles. The van der Waals surface area contributed by atoms with Crippen molar-refractivity contribution in [3.05, 3.63) is 267 Å². The van der Waals surface area contributed by atoms with Gasteiger partial charge in [0, 0.05) is 27.8 Å². The van der Waals surface area contributed by atoms with E-state index >= 15 is 0 Å². The van der Waals surface area contributed by atoms with E-state index in [0.717, 1.165) is 33.3 Å². The number of fused-ring (bicyclic) bond motifs is 12. The largest absolute Gasteiger partial charge is 0.494 e. The van der Waals surface area contributed by atoms with E-state index in [1.165, 1.54) is 64.6 Å². The van der Waals surface area contributed by atoms with Crippen LogP contribution in [0.2, 0.25) is 5.28 Å². The van der Waals surface area contributed by atoms with Gasteiger partial charge in [0.25, 0.3) is 0 Å². The summed E-state index contributed by atoms with van der Waals surface area (Å²) in [5.41, 5.74) is 5.15. The standard InChI is InChI=1S/C33H21N3.C24H23BO2.C15H10ClN3.CH3/c1-3-11-22(12-4-1)31-34-32(23-13-5-2-6-14-23)36-33(35-31)24-19-20-29-27-17-8-7-15-25(27)26-16-9-10-18-28(26)30(29)21-24;1-23(2)24(3,4)27-25(26-23)16-13-14-21-19-11-6-5-9-17(19)18-10-7-8-12-20(18)22(21)15-16;16-15-18-13(11-7-3-1-4-8-11)17-14(19-15)12-9-5-2-6-10-12;/h1-21H;5-15H,1-4H3;1-10H;1H3/q;;;-1. The molecular weight excluding hydrogens is 1040 g/mol. The molecule has 1 fully saturated rings. The predicted molar refractivity (Wildman–Crippen MR) is 345 cm³/mol. The lowest BCUT2D eigenvalue weighted by atomic mass is 9.77. The maximum absolute atomic E-state index is 6.28. The summed E-state index contributed by atoms with van der Waals surface area (Å²) in [4.78, 5) is 27.5. The number of rotatable bonds is 6. The van der Waals surface area contributed by atoms with Gasteiger partial charge in [0.1, 0.15) is 0 Å². The number of benzene rings is 12. The molecule has 0 amide bonds. The molecule has 0 atom stereocenters. The van der Waals surface area contributed by atoms with Crippen LogP contribution in [0.25, 0.3) is 122 Å². The van der Waals surface area contributed by atoms with Gasteiger partial charge < -0.3 is 16.7 Å². The van der Waals surface area contributed by atoms with Gasteiger partial charge in [0.2, 0.25) is 5.28 Å². The van der Waals surface area contributed by atoms with Crippen LogP contribution in [0, 0.1) is 7.43 Å². The summed E-state index contributed by atoms with van der Waals surface area (Å²) in [6, 6.07) is 87.3. The fourth-order valence-corrected chi connectivity index (χ4v) is 11.0. The quantitative estimate of drug-likeness (QED) is 0.0923.